The molecule has 0 fully saturated rings. The summed E-state index contributed by atoms with van der Waals surface area (Å²) in [6.45, 7) is 1.93. The van der Waals surface area contributed by atoms with E-state index < -0.39 is 75.2 Å². The van der Waals surface area contributed by atoms with Crippen molar-refractivity contribution in [3.05, 3.63) is 42.0 Å². The number of rotatable bonds is 9. The standard InChI is InChI=1S/C17H15F8NO7S/c1-9(2)12(27)33-15(17(23,24)25,32-8-7-14(18,19)34(29,30)31)13(28)26-11-5-3-10(4-6-11)16(20,21)22/h3-6H,1,7-8H2,2H3,(H,26,28)(H,29,30,31). The summed E-state index contributed by atoms with van der Waals surface area (Å²) < 4.78 is 144. The van der Waals surface area contributed by atoms with E-state index in [1.807, 2.05) is 0 Å². The van der Waals surface area contributed by atoms with Crippen molar-refractivity contribution < 1.29 is 67.2 Å². The first-order chi connectivity index (χ1) is 15.1. The highest BCUT2D eigenvalue weighted by Gasteiger charge is 2.66. The number of benzene rings is 1. The average Bonchev–Trinajstić information content (AvgIpc) is 2.64. The van der Waals surface area contributed by atoms with E-state index in [0.29, 0.717) is 24.3 Å². The smallest absolute Gasteiger partial charge is 0.412 e. The second-order valence-corrected chi connectivity index (χ2v) is 8.07. The lowest BCUT2D eigenvalue weighted by atomic mass is 10.1. The molecule has 1 amide bonds. The van der Waals surface area contributed by atoms with Gasteiger partial charge in [0, 0.05) is 11.3 Å². The Morgan fingerprint density at radius 3 is 1.91 bits per heavy atom. The molecule has 17 heteroatoms. The third-order valence-corrected chi connectivity index (χ3v) is 4.76. The van der Waals surface area contributed by atoms with Gasteiger partial charge in [0.1, 0.15) is 0 Å². The fraction of sp³-hybridized carbons (Fsp3) is 0.412. The van der Waals surface area contributed by atoms with E-state index in [1.165, 1.54) is 5.32 Å². The van der Waals surface area contributed by atoms with Crippen molar-refractivity contribution in [3.63, 3.8) is 0 Å². The van der Waals surface area contributed by atoms with Gasteiger partial charge in [-0.2, -0.15) is 43.5 Å². The van der Waals surface area contributed by atoms with E-state index in [2.05, 4.69) is 16.1 Å². The number of carbonyl (C=O) groups excluding carboxylic acids is 2. The zero-order valence-corrected chi connectivity index (χ0v) is 17.6. The Hall–Kier alpha value is -2.79. The zero-order valence-electron chi connectivity index (χ0n) is 16.8. The topological polar surface area (TPSA) is 119 Å². The van der Waals surface area contributed by atoms with E-state index in [9.17, 15) is 53.1 Å². The highest BCUT2D eigenvalue weighted by molar-refractivity contribution is 7.86. The lowest BCUT2D eigenvalue weighted by Crippen LogP contribution is -2.60. The molecule has 0 aromatic heterocycles. The predicted octanol–water partition coefficient (Wildman–Crippen LogP) is 3.91. The molecule has 0 aliphatic carbocycles. The van der Waals surface area contributed by atoms with Crippen LogP contribution in [0.3, 0.4) is 0 Å². The Balaban J connectivity index is 3.36. The first-order valence-electron chi connectivity index (χ1n) is 8.57. The van der Waals surface area contributed by atoms with Crippen LogP contribution >= 0.6 is 0 Å². The minimum Gasteiger partial charge on any atom is -0.412 e. The maximum atomic E-state index is 13.8. The van der Waals surface area contributed by atoms with Crippen LogP contribution < -0.4 is 5.32 Å². The largest absolute Gasteiger partial charge is 0.466 e. The molecule has 0 saturated carbocycles. The lowest BCUT2D eigenvalue weighted by Gasteiger charge is -2.33. The van der Waals surface area contributed by atoms with Crippen LogP contribution in [0.1, 0.15) is 18.9 Å². The number of hydrogen-bond acceptors (Lipinski definition) is 6. The van der Waals surface area contributed by atoms with Crippen molar-refractivity contribution in [3.8, 4) is 0 Å². The normalized spacial score (nSPS) is 14.8. The van der Waals surface area contributed by atoms with Crippen LogP contribution in [0.5, 0.6) is 0 Å². The summed E-state index contributed by atoms with van der Waals surface area (Å²) >= 11 is 0. The van der Waals surface area contributed by atoms with Crippen LogP contribution in [0.2, 0.25) is 0 Å². The minimum absolute atomic E-state index is 0.387. The number of ether oxygens (including phenoxy) is 2. The molecule has 1 aromatic rings. The molecular weight excluding hydrogens is 514 g/mol. The lowest BCUT2D eigenvalue weighted by molar-refractivity contribution is -0.346. The highest BCUT2D eigenvalue weighted by atomic mass is 32.2. The van der Waals surface area contributed by atoms with E-state index in [0.717, 1.165) is 6.92 Å². The Morgan fingerprint density at radius 2 is 1.53 bits per heavy atom. The number of halogens is 8. The van der Waals surface area contributed by atoms with Crippen LogP contribution in [0.15, 0.2) is 36.4 Å². The number of esters is 1. The molecule has 0 bridgehead atoms. The number of amides is 1. The molecule has 0 saturated heterocycles. The number of hydrogen-bond donors (Lipinski definition) is 2. The molecule has 1 aromatic carbocycles. The van der Waals surface area contributed by atoms with Crippen molar-refractivity contribution in [1.29, 1.82) is 0 Å². The van der Waals surface area contributed by atoms with Gasteiger partial charge in [0.05, 0.1) is 18.6 Å². The Kier molecular flexibility index (Phi) is 8.45. The first kappa shape index (κ1) is 29.2. The van der Waals surface area contributed by atoms with Crippen LogP contribution in [0.4, 0.5) is 40.8 Å². The van der Waals surface area contributed by atoms with Gasteiger partial charge in [0.25, 0.3) is 0 Å². The number of anilines is 1. The summed E-state index contributed by atoms with van der Waals surface area (Å²) in [6.07, 6.45) is -12.9. The molecule has 1 atom stereocenters. The number of alkyl halides is 8. The van der Waals surface area contributed by atoms with Gasteiger partial charge in [0.2, 0.25) is 0 Å². The maximum Gasteiger partial charge on any atom is 0.466 e. The highest BCUT2D eigenvalue weighted by Crippen LogP contribution is 2.38. The molecular formula is C17H15F8NO7S. The molecule has 192 valence electrons. The van der Waals surface area contributed by atoms with Gasteiger partial charge in [-0.05, 0) is 31.2 Å². The monoisotopic (exact) mass is 529 g/mol. The predicted molar refractivity (Wildman–Crippen MR) is 96.8 cm³/mol. The van der Waals surface area contributed by atoms with E-state index in [4.69, 9.17) is 4.55 Å². The number of carbonyl (C=O) groups is 2. The minimum atomic E-state index is -6.09. The van der Waals surface area contributed by atoms with Crippen LogP contribution in [0.25, 0.3) is 0 Å². The van der Waals surface area contributed by atoms with Crippen LogP contribution in [0, 0.1) is 0 Å². The summed E-state index contributed by atoms with van der Waals surface area (Å²) in [7, 11) is -6.09. The van der Waals surface area contributed by atoms with Crippen molar-refractivity contribution in [1.82, 2.24) is 0 Å². The summed E-state index contributed by atoms with van der Waals surface area (Å²) in [6, 6.07) is 1.85. The molecule has 1 rings (SSSR count). The summed E-state index contributed by atoms with van der Waals surface area (Å²) in [4.78, 5) is 24.2. The van der Waals surface area contributed by atoms with Crippen LogP contribution in [-0.4, -0.2) is 48.7 Å². The molecule has 0 aliphatic heterocycles. The van der Waals surface area contributed by atoms with E-state index in [-0.39, 0.29) is 0 Å². The first-order valence-corrected chi connectivity index (χ1v) is 10.0. The second kappa shape index (κ2) is 9.83. The van der Waals surface area contributed by atoms with Crippen molar-refractivity contribution in [2.45, 2.75) is 36.7 Å². The van der Waals surface area contributed by atoms with Gasteiger partial charge < -0.3 is 14.8 Å². The van der Waals surface area contributed by atoms with E-state index >= 15 is 0 Å². The third kappa shape index (κ3) is 6.86. The quantitative estimate of drug-likeness (QED) is 0.164. The SMILES string of the molecule is C=C(C)C(=O)OC(OCCC(F)(F)S(=O)(=O)O)(C(=O)Nc1ccc(C(F)(F)F)cc1)C(F)(F)F. The van der Waals surface area contributed by atoms with Gasteiger partial charge in [-0.15, -0.1) is 0 Å². The Morgan fingerprint density at radius 1 is 1.03 bits per heavy atom. The molecule has 0 heterocycles. The fourth-order valence-electron chi connectivity index (χ4n) is 2.03. The molecule has 1 unspecified atom stereocenters. The van der Waals surface area contributed by atoms with E-state index in [1.54, 1.807) is 0 Å². The summed E-state index contributed by atoms with van der Waals surface area (Å²) in [5.74, 6) is -8.94. The maximum absolute atomic E-state index is 13.8. The van der Waals surface area contributed by atoms with Gasteiger partial charge in [0.15, 0.2) is 0 Å². The van der Waals surface area contributed by atoms with Gasteiger partial charge in [-0.1, -0.05) is 6.58 Å². The summed E-state index contributed by atoms with van der Waals surface area (Å²) in [5, 5.41) is -3.53. The van der Waals surface area contributed by atoms with Crippen molar-refractivity contribution in [2.24, 2.45) is 0 Å². The Bertz CT molecular complexity index is 1040. The van der Waals surface area contributed by atoms with Crippen LogP contribution in [-0.2, 0) is 35.4 Å². The zero-order chi connectivity index (χ0) is 26.8. The summed E-state index contributed by atoms with van der Waals surface area (Å²) in [5.41, 5.74) is -2.61. The van der Waals surface area contributed by atoms with Gasteiger partial charge >= 0.3 is 45.4 Å². The number of nitrogens with one attached hydrogen (secondary N) is 1. The molecule has 2 N–H and O–H groups in total. The van der Waals surface area contributed by atoms with Gasteiger partial charge in [-0.25, -0.2) is 4.79 Å². The molecule has 0 spiro atoms. The molecule has 8 nitrogen and oxygen atoms in total. The third-order valence-electron chi connectivity index (χ3n) is 3.80. The Labute approximate surface area is 186 Å². The molecule has 0 aliphatic rings. The molecule has 34 heavy (non-hydrogen) atoms. The van der Waals surface area contributed by atoms with Crippen molar-refractivity contribution >= 4 is 27.7 Å². The van der Waals surface area contributed by atoms with Gasteiger partial charge in [-0.3, -0.25) is 9.35 Å². The fourth-order valence-corrected chi connectivity index (χ4v) is 2.37. The average molecular weight is 529 g/mol. The second-order valence-electron chi connectivity index (χ2n) is 6.52. The van der Waals surface area contributed by atoms with Crippen molar-refractivity contribution in [2.75, 3.05) is 11.9 Å². The molecule has 0 radical (unpaired) electrons.